The van der Waals surface area contributed by atoms with Gasteiger partial charge < -0.3 is 19.9 Å². The predicted octanol–water partition coefficient (Wildman–Crippen LogP) is 1.99. The lowest BCUT2D eigenvalue weighted by molar-refractivity contribution is 0.323. The highest BCUT2D eigenvalue weighted by Gasteiger charge is 2.13. The summed E-state index contributed by atoms with van der Waals surface area (Å²) in [5.74, 6) is 2.18. The fraction of sp³-hybridized carbons (Fsp3) is 0.538. The molecule has 0 unspecified atom stereocenters. The predicted molar refractivity (Wildman–Crippen MR) is 68.1 cm³/mol. The zero-order valence-electron chi connectivity index (χ0n) is 10.9. The molecule has 4 heteroatoms. The summed E-state index contributed by atoms with van der Waals surface area (Å²) in [6.45, 7) is 4.53. The van der Waals surface area contributed by atoms with Gasteiger partial charge in [-0.15, -0.1) is 0 Å². The SMILES string of the molecule is CCOc1cc(OC)c(OC)cc1C[C@@H](C)N. The first-order chi connectivity index (χ1) is 8.12. The van der Waals surface area contributed by atoms with Gasteiger partial charge in [-0.05, 0) is 31.9 Å². The second kappa shape index (κ2) is 6.35. The fourth-order valence-electron chi connectivity index (χ4n) is 1.70. The molecule has 0 radical (unpaired) electrons. The lowest BCUT2D eigenvalue weighted by Crippen LogP contribution is -2.18. The third kappa shape index (κ3) is 3.53. The number of nitrogens with two attached hydrogens (primary N) is 1. The van der Waals surface area contributed by atoms with E-state index in [1.54, 1.807) is 14.2 Å². The molecule has 0 amide bonds. The van der Waals surface area contributed by atoms with E-state index in [2.05, 4.69) is 0 Å². The van der Waals surface area contributed by atoms with E-state index in [-0.39, 0.29) is 6.04 Å². The van der Waals surface area contributed by atoms with Crippen LogP contribution in [-0.2, 0) is 6.42 Å². The van der Waals surface area contributed by atoms with Crippen LogP contribution in [0, 0.1) is 0 Å². The van der Waals surface area contributed by atoms with Gasteiger partial charge in [0, 0.05) is 12.1 Å². The van der Waals surface area contributed by atoms with Gasteiger partial charge in [0.15, 0.2) is 11.5 Å². The van der Waals surface area contributed by atoms with E-state index < -0.39 is 0 Å². The van der Waals surface area contributed by atoms with Crippen LogP contribution in [0.1, 0.15) is 19.4 Å². The van der Waals surface area contributed by atoms with Gasteiger partial charge in [-0.25, -0.2) is 0 Å². The van der Waals surface area contributed by atoms with E-state index >= 15 is 0 Å². The summed E-state index contributed by atoms with van der Waals surface area (Å²) in [5.41, 5.74) is 6.87. The molecular formula is C13H21NO3. The average Bonchev–Trinajstić information content (AvgIpc) is 2.30. The summed E-state index contributed by atoms with van der Waals surface area (Å²) in [5, 5.41) is 0. The monoisotopic (exact) mass is 239 g/mol. The summed E-state index contributed by atoms with van der Waals surface area (Å²) in [6, 6.07) is 3.85. The molecule has 0 aliphatic heterocycles. The molecule has 0 saturated carbocycles. The van der Waals surface area contributed by atoms with Crippen LogP contribution in [0.25, 0.3) is 0 Å². The van der Waals surface area contributed by atoms with Crippen molar-refractivity contribution in [1.29, 1.82) is 0 Å². The van der Waals surface area contributed by atoms with Crippen LogP contribution in [0.4, 0.5) is 0 Å². The van der Waals surface area contributed by atoms with Crippen molar-refractivity contribution < 1.29 is 14.2 Å². The second-order valence-electron chi connectivity index (χ2n) is 3.93. The van der Waals surface area contributed by atoms with Crippen LogP contribution >= 0.6 is 0 Å². The Labute approximate surface area is 103 Å². The minimum atomic E-state index is 0.0762. The Bertz CT molecular complexity index is 364. The number of ether oxygens (including phenoxy) is 3. The Balaban J connectivity index is 3.14. The largest absolute Gasteiger partial charge is 0.493 e. The van der Waals surface area contributed by atoms with Gasteiger partial charge in [0.25, 0.3) is 0 Å². The van der Waals surface area contributed by atoms with Gasteiger partial charge in [0.05, 0.1) is 20.8 Å². The number of methoxy groups -OCH3 is 2. The smallest absolute Gasteiger partial charge is 0.164 e. The molecule has 4 nitrogen and oxygen atoms in total. The molecular weight excluding hydrogens is 218 g/mol. The fourth-order valence-corrected chi connectivity index (χ4v) is 1.70. The minimum Gasteiger partial charge on any atom is -0.493 e. The van der Waals surface area contributed by atoms with Crippen molar-refractivity contribution >= 4 is 0 Å². The van der Waals surface area contributed by atoms with Crippen molar-refractivity contribution in [3.05, 3.63) is 17.7 Å². The first kappa shape index (κ1) is 13.6. The van der Waals surface area contributed by atoms with Crippen molar-refractivity contribution in [3.63, 3.8) is 0 Å². The van der Waals surface area contributed by atoms with Gasteiger partial charge >= 0.3 is 0 Å². The first-order valence-corrected chi connectivity index (χ1v) is 5.75. The molecule has 0 aromatic heterocycles. The second-order valence-corrected chi connectivity index (χ2v) is 3.93. The maximum Gasteiger partial charge on any atom is 0.164 e. The molecule has 96 valence electrons. The molecule has 2 N–H and O–H groups in total. The van der Waals surface area contributed by atoms with Crippen LogP contribution in [0.15, 0.2) is 12.1 Å². The molecule has 0 heterocycles. The van der Waals surface area contributed by atoms with Crippen LogP contribution in [0.5, 0.6) is 17.2 Å². The zero-order chi connectivity index (χ0) is 12.8. The van der Waals surface area contributed by atoms with E-state index in [0.717, 1.165) is 17.7 Å². The third-order valence-electron chi connectivity index (χ3n) is 2.41. The van der Waals surface area contributed by atoms with E-state index in [1.165, 1.54) is 0 Å². The number of rotatable bonds is 6. The standard InChI is InChI=1S/C13H21NO3/c1-5-17-11-8-13(16-4)12(15-3)7-10(11)6-9(2)14/h7-9H,5-6,14H2,1-4H3/t9-/m1/s1. The molecule has 0 bridgehead atoms. The molecule has 0 aliphatic carbocycles. The first-order valence-electron chi connectivity index (χ1n) is 5.75. The van der Waals surface area contributed by atoms with Crippen LogP contribution in [0.2, 0.25) is 0 Å². The lowest BCUT2D eigenvalue weighted by Gasteiger charge is -2.16. The van der Waals surface area contributed by atoms with Crippen LogP contribution < -0.4 is 19.9 Å². The Morgan fingerprint density at radius 3 is 2.18 bits per heavy atom. The summed E-state index contributed by atoms with van der Waals surface area (Å²) in [7, 11) is 3.23. The maximum atomic E-state index is 5.82. The summed E-state index contributed by atoms with van der Waals surface area (Å²) >= 11 is 0. The summed E-state index contributed by atoms with van der Waals surface area (Å²) in [6.07, 6.45) is 0.746. The molecule has 0 fully saturated rings. The van der Waals surface area contributed by atoms with Crippen LogP contribution in [0.3, 0.4) is 0 Å². The number of benzene rings is 1. The van der Waals surface area contributed by atoms with E-state index in [9.17, 15) is 0 Å². The zero-order valence-corrected chi connectivity index (χ0v) is 10.9. The van der Waals surface area contributed by atoms with Gasteiger partial charge in [-0.3, -0.25) is 0 Å². The lowest BCUT2D eigenvalue weighted by atomic mass is 10.1. The van der Waals surface area contributed by atoms with E-state index in [1.807, 2.05) is 26.0 Å². The van der Waals surface area contributed by atoms with Crippen molar-refractivity contribution in [1.82, 2.24) is 0 Å². The Morgan fingerprint density at radius 2 is 1.71 bits per heavy atom. The van der Waals surface area contributed by atoms with Crippen molar-refractivity contribution in [3.8, 4) is 17.2 Å². The minimum absolute atomic E-state index is 0.0762. The summed E-state index contributed by atoms with van der Waals surface area (Å²) in [4.78, 5) is 0. The Morgan fingerprint density at radius 1 is 1.12 bits per heavy atom. The molecule has 1 aromatic carbocycles. The highest BCUT2D eigenvalue weighted by atomic mass is 16.5. The molecule has 1 atom stereocenters. The van der Waals surface area contributed by atoms with Gasteiger partial charge in [-0.1, -0.05) is 0 Å². The van der Waals surface area contributed by atoms with Gasteiger partial charge in [-0.2, -0.15) is 0 Å². The highest BCUT2D eigenvalue weighted by Crippen LogP contribution is 2.35. The molecule has 17 heavy (non-hydrogen) atoms. The van der Waals surface area contributed by atoms with Gasteiger partial charge in [0.2, 0.25) is 0 Å². The maximum absolute atomic E-state index is 5.82. The Kier molecular flexibility index (Phi) is 5.10. The number of hydrogen-bond donors (Lipinski definition) is 1. The molecule has 0 saturated heterocycles. The van der Waals surface area contributed by atoms with E-state index in [0.29, 0.717) is 18.1 Å². The Hall–Kier alpha value is -1.42. The van der Waals surface area contributed by atoms with Crippen molar-refractivity contribution in [2.24, 2.45) is 5.73 Å². The highest BCUT2D eigenvalue weighted by molar-refractivity contribution is 5.51. The molecule has 1 rings (SSSR count). The molecule has 1 aromatic rings. The molecule has 0 spiro atoms. The van der Waals surface area contributed by atoms with Crippen LogP contribution in [-0.4, -0.2) is 26.9 Å². The van der Waals surface area contributed by atoms with Crippen molar-refractivity contribution in [2.75, 3.05) is 20.8 Å². The summed E-state index contributed by atoms with van der Waals surface area (Å²) < 4.78 is 16.1. The van der Waals surface area contributed by atoms with Gasteiger partial charge in [0.1, 0.15) is 5.75 Å². The quantitative estimate of drug-likeness (QED) is 0.825. The van der Waals surface area contributed by atoms with Crippen molar-refractivity contribution in [2.45, 2.75) is 26.3 Å². The number of hydrogen-bond acceptors (Lipinski definition) is 4. The topological polar surface area (TPSA) is 53.7 Å². The van der Waals surface area contributed by atoms with E-state index in [4.69, 9.17) is 19.9 Å². The third-order valence-corrected chi connectivity index (χ3v) is 2.41. The molecule has 0 aliphatic rings. The average molecular weight is 239 g/mol. The normalized spacial score (nSPS) is 12.1.